The molecule has 0 fully saturated rings. The van der Waals surface area contributed by atoms with E-state index in [1.54, 1.807) is 6.20 Å². The average Bonchev–Trinajstić information content (AvgIpc) is 3.44. The van der Waals surface area contributed by atoms with Crippen molar-refractivity contribution in [3.63, 3.8) is 0 Å². The van der Waals surface area contributed by atoms with Crippen LogP contribution in [0.25, 0.3) is 16.6 Å². The van der Waals surface area contributed by atoms with Crippen LogP contribution in [-0.4, -0.2) is 20.3 Å². The van der Waals surface area contributed by atoms with Gasteiger partial charge >= 0.3 is 5.97 Å². The molecule has 4 aromatic rings. The summed E-state index contributed by atoms with van der Waals surface area (Å²) in [6, 6.07) is 18.3. The van der Waals surface area contributed by atoms with Crippen molar-refractivity contribution in [3.05, 3.63) is 78.2 Å². The minimum absolute atomic E-state index is 0.155. The summed E-state index contributed by atoms with van der Waals surface area (Å²) in [6.07, 6.45) is 4.36. The number of fused-ring (bicyclic) bond motifs is 3. The predicted octanol–water partition coefficient (Wildman–Crippen LogP) is 4.41. The fraction of sp³-hybridized carbons (Fsp3) is 0.217. The van der Waals surface area contributed by atoms with Gasteiger partial charge in [-0.2, -0.15) is 5.10 Å². The van der Waals surface area contributed by atoms with Crippen LogP contribution >= 0.6 is 0 Å². The molecule has 1 unspecified atom stereocenters. The maximum absolute atomic E-state index is 11.3. The molecule has 1 aliphatic heterocycles. The Labute approximate surface area is 168 Å². The molecule has 2 aromatic heterocycles. The zero-order valence-electron chi connectivity index (χ0n) is 16.1. The minimum atomic E-state index is -0.240. The third kappa shape index (κ3) is 3.38. The average molecular weight is 387 g/mol. The lowest BCUT2D eigenvalue weighted by Crippen LogP contribution is -2.04. The molecule has 0 spiro atoms. The normalized spacial score (nSPS) is 15.4. The number of hydrogen-bond acceptors (Lipinski definition) is 4. The lowest BCUT2D eigenvalue weighted by Gasteiger charge is -2.08. The van der Waals surface area contributed by atoms with Crippen LogP contribution in [0.3, 0.4) is 0 Å². The van der Waals surface area contributed by atoms with E-state index in [0.29, 0.717) is 6.61 Å². The molecule has 6 nitrogen and oxygen atoms in total. The molecule has 0 amide bonds. The van der Waals surface area contributed by atoms with Crippen molar-refractivity contribution in [2.24, 2.45) is 0 Å². The fourth-order valence-corrected chi connectivity index (χ4v) is 3.92. The van der Waals surface area contributed by atoms with Gasteiger partial charge in [-0.05, 0) is 48.0 Å². The summed E-state index contributed by atoms with van der Waals surface area (Å²) in [7, 11) is 0. The smallest absolute Gasteiger partial charge is 0.303 e. The summed E-state index contributed by atoms with van der Waals surface area (Å²) in [5.41, 5.74) is 4.31. The van der Waals surface area contributed by atoms with E-state index in [1.165, 1.54) is 6.92 Å². The van der Waals surface area contributed by atoms with Crippen molar-refractivity contribution < 1.29 is 14.3 Å². The first-order valence-corrected chi connectivity index (χ1v) is 9.69. The maximum Gasteiger partial charge on any atom is 0.303 e. The highest BCUT2D eigenvalue weighted by molar-refractivity contribution is 5.83. The highest BCUT2D eigenvalue weighted by Crippen LogP contribution is 2.36. The van der Waals surface area contributed by atoms with E-state index in [-0.39, 0.29) is 12.1 Å². The van der Waals surface area contributed by atoms with Crippen molar-refractivity contribution in [1.29, 1.82) is 0 Å². The van der Waals surface area contributed by atoms with E-state index >= 15 is 0 Å². The van der Waals surface area contributed by atoms with E-state index in [4.69, 9.17) is 9.47 Å². The van der Waals surface area contributed by atoms with Gasteiger partial charge in [-0.15, -0.1) is 0 Å². The zero-order valence-corrected chi connectivity index (χ0v) is 16.1. The SMILES string of the molecule is CC(=O)OC1CCn2c1cc1cc(OCc3ccc(-n4cccn4)cc3)ccc12. The van der Waals surface area contributed by atoms with Crippen LogP contribution in [0.5, 0.6) is 5.75 Å². The van der Waals surface area contributed by atoms with Crippen molar-refractivity contribution in [3.8, 4) is 11.4 Å². The number of carbonyl (C=O) groups excluding carboxylic acids is 1. The Hall–Kier alpha value is -3.54. The van der Waals surface area contributed by atoms with E-state index < -0.39 is 0 Å². The number of esters is 1. The number of rotatable bonds is 5. The van der Waals surface area contributed by atoms with Crippen LogP contribution in [0.2, 0.25) is 0 Å². The molecule has 0 saturated heterocycles. The van der Waals surface area contributed by atoms with E-state index in [9.17, 15) is 4.79 Å². The quantitative estimate of drug-likeness (QED) is 0.476. The van der Waals surface area contributed by atoms with Gasteiger partial charge in [0.1, 0.15) is 18.5 Å². The second-order valence-corrected chi connectivity index (χ2v) is 7.23. The summed E-state index contributed by atoms with van der Waals surface area (Å²) in [5.74, 6) is 0.582. The summed E-state index contributed by atoms with van der Waals surface area (Å²) in [6.45, 7) is 2.81. The number of nitrogens with zero attached hydrogens (tertiary/aromatic N) is 3. The molecule has 0 N–H and O–H groups in total. The predicted molar refractivity (Wildman–Crippen MR) is 109 cm³/mol. The molecular weight excluding hydrogens is 366 g/mol. The van der Waals surface area contributed by atoms with Gasteiger partial charge in [-0.1, -0.05) is 12.1 Å². The van der Waals surface area contributed by atoms with Gasteiger partial charge in [-0.3, -0.25) is 4.79 Å². The van der Waals surface area contributed by atoms with Crippen LogP contribution in [0.4, 0.5) is 0 Å². The summed E-state index contributed by atoms with van der Waals surface area (Å²) >= 11 is 0. The van der Waals surface area contributed by atoms with Gasteiger partial charge < -0.3 is 14.0 Å². The number of carbonyl (C=O) groups is 1. The second-order valence-electron chi connectivity index (χ2n) is 7.23. The molecule has 6 heteroatoms. The Balaban J connectivity index is 1.31. The van der Waals surface area contributed by atoms with E-state index in [1.807, 2.05) is 53.3 Å². The largest absolute Gasteiger partial charge is 0.489 e. The molecule has 0 saturated carbocycles. The molecule has 146 valence electrons. The highest BCUT2D eigenvalue weighted by Gasteiger charge is 2.27. The van der Waals surface area contributed by atoms with E-state index in [0.717, 1.165) is 46.6 Å². The number of ether oxygens (including phenoxy) is 2. The van der Waals surface area contributed by atoms with Crippen LogP contribution in [0.15, 0.2) is 67.0 Å². The van der Waals surface area contributed by atoms with Gasteiger partial charge in [-0.25, -0.2) is 4.68 Å². The zero-order chi connectivity index (χ0) is 19.8. The second kappa shape index (κ2) is 7.13. The highest BCUT2D eigenvalue weighted by atomic mass is 16.5. The van der Waals surface area contributed by atoms with Crippen molar-refractivity contribution in [1.82, 2.24) is 14.3 Å². The topological polar surface area (TPSA) is 58.3 Å². The Morgan fingerprint density at radius 2 is 2.03 bits per heavy atom. The molecule has 1 aliphatic rings. The first kappa shape index (κ1) is 17.6. The first-order valence-electron chi connectivity index (χ1n) is 9.69. The molecule has 5 rings (SSSR count). The van der Waals surface area contributed by atoms with Gasteiger partial charge in [0, 0.05) is 43.2 Å². The Bertz CT molecular complexity index is 1160. The van der Waals surface area contributed by atoms with Gasteiger partial charge in [0.05, 0.1) is 11.4 Å². The van der Waals surface area contributed by atoms with Crippen LogP contribution in [-0.2, 0) is 22.7 Å². The number of benzene rings is 2. The van der Waals surface area contributed by atoms with Crippen molar-refractivity contribution >= 4 is 16.9 Å². The maximum atomic E-state index is 11.3. The molecule has 0 aliphatic carbocycles. The standard InChI is InChI=1S/C23H21N3O3/c1-16(27)29-23-9-12-25-21-8-7-20(13-18(21)14-22(23)25)28-15-17-3-5-19(6-4-17)26-11-2-10-24-26/h2-8,10-11,13-14,23H,9,12,15H2,1H3. The van der Waals surface area contributed by atoms with Crippen LogP contribution in [0, 0.1) is 0 Å². The summed E-state index contributed by atoms with van der Waals surface area (Å²) in [4.78, 5) is 11.3. The molecule has 0 radical (unpaired) electrons. The number of aryl methyl sites for hydroxylation is 1. The summed E-state index contributed by atoms with van der Waals surface area (Å²) < 4.78 is 15.5. The molecular formula is C23H21N3O3. The van der Waals surface area contributed by atoms with Gasteiger partial charge in [0.2, 0.25) is 0 Å². The Kier molecular flexibility index (Phi) is 4.31. The van der Waals surface area contributed by atoms with Gasteiger partial charge in [0.25, 0.3) is 0 Å². The Morgan fingerprint density at radius 1 is 1.17 bits per heavy atom. The number of hydrogen-bond donors (Lipinski definition) is 0. The van der Waals surface area contributed by atoms with Gasteiger partial charge in [0.15, 0.2) is 0 Å². The van der Waals surface area contributed by atoms with Crippen molar-refractivity contribution in [2.45, 2.75) is 32.6 Å². The lowest BCUT2D eigenvalue weighted by molar-refractivity contribution is -0.146. The molecule has 3 heterocycles. The fourth-order valence-electron chi connectivity index (χ4n) is 3.92. The third-order valence-corrected chi connectivity index (χ3v) is 5.27. The molecule has 0 bridgehead atoms. The van der Waals surface area contributed by atoms with Crippen LogP contribution in [0.1, 0.15) is 30.7 Å². The third-order valence-electron chi connectivity index (χ3n) is 5.27. The minimum Gasteiger partial charge on any atom is -0.489 e. The first-order chi connectivity index (χ1) is 14.2. The lowest BCUT2D eigenvalue weighted by atomic mass is 10.2. The molecule has 1 atom stereocenters. The monoisotopic (exact) mass is 387 g/mol. The molecule has 2 aromatic carbocycles. The van der Waals surface area contributed by atoms with Crippen molar-refractivity contribution in [2.75, 3.05) is 0 Å². The summed E-state index contributed by atoms with van der Waals surface area (Å²) in [5, 5.41) is 5.34. The number of aromatic nitrogens is 3. The van der Waals surface area contributed by atoms with Crippen LogP contribution < -0.4 is 4.74 Å². The van der Waals surface area contributed by atoms with E-state index in [2.05, 4.69) is 21.8 Å². The Morgan fingerprint density at radius 3 is 2.79 bits per heavy atom. The molecule has 29 heavy (non-hydrogen) atoms.